The molecular weight excluding hydrogens is 190 g/mol. The van der Waals surface area contributed by atoms with E-state index in [9.17, 15) is 9.00 Å². The summed E-state index contributed by atoms with van der Waals surface area (Å²) in [6.07, 6.45) is 0.981. The summed E-state index contributed by atoms with van der Waals surface area (Å²) in [4.78, 5) is 12.1. The number of rotatable bonds is 2. The van der Waals surface area contributed by atoms with Crippen molar-refractivity contribution in [2.45, 2.75) is 25.0 Å². The van der Waals surface area contributed by atoms with Crippen LogP contribution in [0.4, 0.5) is 4.79 Å². The minimum absolute atomic E-state index is 0.0159. The highest BCUT2D eigenvalue weighted by molar-refractivity contribution is 7.66. The molecule has 1 fully saturated rings. The van der Waals surface area contributed by atoms with E-state index in [1.54, 1.807) is 0 Å². The molecule has 0 radical (unpaired) electrons. The fraction of sp³-hybridized carbons (Fsp3) is 0.875. The molecule has 5 heteroatoms. The van der Waals surface area contributed by atoms with Gasteiger partial charge in [0, 0.05) is 23.2 Å². The Morgan fingerprint density at radius 3 is 2.92 bits per heavy atom. The summed E-state index contributed by atoms with van der Waals surface area (Å²) >= 11 is 0.575. The van der Waals surface area contributed by atoms with Crippen LogP contribution in [0.25, 0.3) is 0 Å². The minimum atomic E-state index is -0.868. The number of hydrogen-bond donors (Lipinski definition) is 1. The molecule has 0 aromatic heterocycles. The van der Waals surface area contributed by atoms with Gasteiger partial charge in [0.15, 0.2) is 0 Å². The molecule has 0 aliphatic carbocycles. The molecule has 0 aromatic rings. The first-order chi connectivity index (χ1) is 6.15. The van der Waals surface area contributed by atoms with Gasteiger partial charge in [0.1, 0.15) is 0 Å². The maximum absolute atomic E-state index is 10.7. The van der Waals surface area contributed by atoms with Gasteiger partial charge in [0.2, 0.25) is 5.25 Å². The monoisotopic (exact) mass is 204 g/mol. The quantitative estimate of drug-likeness (QED) is 0.687. The van der Waals surface area contributed by atoms with Gasteiger partial charge in [-0.25, -0.2) is 4.79 Å². The van der Waals surface area contributed by atoms with Gasteiger partial charge in [-0.1, -0.05) is 0 Å². The van der Waals surface area contributed by atoms with Crippen LogP contribution in [-0.2, 0) is 15.9 Å². The predicted molar refractivity (Wildman–Crippen MR) is 49.8 cm³/mol. The van der Waals surface area contributed by atoms with Crippen LogP contribution in [0.2, 0.25) is 0 Å². The average Bonchev–Trinajstić information content (AvgIpc) is 2.17. The van der Waals surface area contributed by atoms with Gasteiger partial charge in [-0.05, 0) is 19.8 Å². The molecule has 1 heterocycles. The summed E-state index contributed by atoms with van der Waals surface area (Å²) in [5.74, 6) is 0.229. The maximum atomic E-state index is 10.7. The van der Waals surface area contributed by atoms with Crippen LogP contribution in [0.1, 0.15) is 19.8 Å². The Hall–Kier alpha value is -0.710. The van der Waals surface area contributed by atoms with Crippen LogP contribution in [0.3, 0.4) is 0 Å². The SMILES string of the molecule is CC([S+]=O)C1CCCN(C(=O)O)C1. The third-order valence-electron chi connectivity index (χ3n) is 2.54. The molecule has 1 aliphatic rings. The number of carbonyl (C=O) groups is 1. The molecule has 1 aliphatic heterocycles. The van der Waals surface area contributed by atoms with Gasteiger partial charge in [0.05, 0.1) is 0 Å². The zero-order valence-electron chi connectivity index (χ0n) is 7.60. The summed E-state index contributed by atoms with van der Waals surface area (Å²) in [5.41, 5.74) is 0. The van der Waals surface area contributed by atoms with Gasteiger partial charge >= 0.3 is 17.8 Å². The Bertz CT molecular complexity index is 210. The van der Waals surface area contributed by atoms with Crippen molar-refractivity contribution in [3.8, 4) is 0 Å². The molecule has 0 saturated carbocycles. The fourth-order valence-electron chi connectivity index (χ4n) is 1.65. The normalized spacial score (nSPS) is 25.3. The van der Waals surface area contributed by atoms with Crippen LogP contribution in [0.15, 0.2) is 0 Å². The van der Waals surface area contributed by atoms with E-state index < -0.39 is 6.09 Å². The molecule has 1 N–H and O–H groups in total. The van der Waals surface area contributed by atoms with E-state index in [1.165, 1.54) is 4.90 Å². The molecule has 2 unspecified atom stereocenters. The molecule has 2 atom stereocenters. The number of amides is 1. The van der Waals surface area contributed by atoms with Gasteiger partial charge in [-0.3, -0.25) is 0 Å². The van der Waals surface area contributed by atoms with E-state index in [2.05, 4.69) is 0 Å². The number of nitrogens with zero attached hydrogens (tertiary/aromatic N) is 1. The van der Waals surface area contributed by atoms with Crippen molar-refractivity contribution in [3.63, 3.8) is 0 Å². The highest BCUT2D eigenvalue weighted by atomic mass is 32.1. The third kappa shape index (κ3) is 2.62. The van der Waals surface area contributed by atoms with E-state index in [1.807, 2.05) is 6.92 Å². The second-order valence-electron chi connectivity index (χ2n) is 3.43. The van der Waals surface area contributed by atoms with E-state index in [0.29, 0.717) is 24.8 Å². The summed E-state index contributed by atoms with van der Waals surface area (Å²) < 4.78 is 10.6. The molecule has 4 nitrogen and oxygen atoms in total. The second kappa shape index (κ2) is 4.50. The van der Waals surface area contributed by atoms with E-state index in [4.69, 9.17) is 5.11 Å². The molecule has 0 aromatic carbocycles. The first-order valence-electron chi connectivity index (χ1n) is 4.41. The van der Waals surface area contributed by atoms with Crippen molar-refractivity contribution in [1.29, 1.82) is 0 Å². The van der Waals surface area contributed by atoms with Crippen molar-refractivity contribution in [1.82, 2.24) is 4.90 Å². The fourth-order valence-corrected chi connectivity index (χ4v) is 2.02. The smallest absolute Gasteiger partial charge is 0.462 e. The molecule has 0 spiro atoms. The Kier molecular flexibility index (Phi) is 3.59. The summed E-state index contributed by atoms with van der Waals surface area (Å²) in [7, 11) is 0. The molecule has 1 saturated heterocycles. The highest BCUT2D eigenvalue weighted by Gasteiger charge is 2.33. The molecule has 13 heavy (non-hydrogen) atoms. The molecule has 1 amide bonds. The van der Waals surface area contributed by atoms with Crippen molar-refractivity contribution in [2.75, 3.05) is 13.1 Å². The van der Waals surface area contributed by atoms with Crippen molar-refractivity contribution in [3.05, 3.63) is 0 Å². The maximum Gasteiger partial charge on any atom is 0.462 e. The number of piperidine rings is 1. The van der Waals surface area contributed by atoms with E-state index in [-0.39, 0.29) is 11.2 Å². The van der Waals surface area contributed by atoms with Crippen LogP contribution in [-0.4, -0.2) is 34.4 Å². The van der Waals surface area contributed by atoms with Gasteiger partial charge in [0.25, 0.3) is 0 Å². The van der Waals surface area contributed by atoms with Crippen LogP contribution in [0, 0.1) is 5.92 Å². The zero-order valence-corrected chi connectivity index (χ0v) is 8.42. The first kappa shape index (κ1) is 10.4. The highest BCUT2D eigenvalue weighted by Crippen LogP contribution is 2.20. The Labute approximate surface area is 81.4 Å². The van der Waals surface area contributed by atoms with Gasteiger partial charge < -0.3 is 10.0 Å². The first-order valence-corrected chi connectivity index (χ1v) is 5.22. The van der Waals surface area contributed by atoms with Gasteiger partial charge in [-0.2, -0.15) is 0 Å². The molecule has 0 bridgehead atoms. The average molecular weight is 204 g/mol. The van der Waals surface area contributed by atoms with Crippen molar-refractivity contribution < 1.29 is 14.1 Å². The third-order valence-corrected chi connectivity index (χ3v) is 3.23. The van der Waals surface area contributed by atoms with Crippen LogP contribution < -0.4 is 0 Å². The topological polar surface area (TPSA) is 57.6 Å². The molecule has 1 rings (SSSR count). The predicted octanol–water partition coefficient (Wildman–Crippen LogP) is 1.19. The van der Waals surface area contributed by atoms with Crippen LogP contribution in [0.5, 0.6) is 0 Å². The van der Waals surface area contributed by atoms with Crippen molar-refractivity contribution in [2.24, 2.45) is 5.92 Å². The lowest BCUT2D eigenvalue weighted by atomic mass is 9.95. The minimum Gasteiger partial charge on any atom is -0.465 e. The summed E-state index contributed by atoms with van der Waals surface area (Å²) in [6, 6.07) is 0. The summed E-state index contributed by atoms with van der Waals surface area (Å²) in [6.45, 7) is 3.00. The van der Waals surface area contributed by atoms with Crippen LogP contribution >= 0.6 is 0 Å². The summed E-state index contributed by atoms with van der Waals surface area (Å²) in [5, 5.41) is 8.77. The Morgan fingerprint density at radius 2 is 2.38 bits per heavy atom. The zero-order chi connectivity index (χ0) is 9.84. The number of carboxylic acid groups (broad SMARTS) is 1. The Balaban J connectivity index is 2.50. The lowest BCUT2D eigenvalue weighted by molar-refractivity contribution is 0.120. The Morgan fingerprint density at radius 1 is 1.69 bits per heavy atom. The number of hydrogen-bond acceptors (Lipinski definition) is 2. The van der Waals surface area contributed by atoms with E-state index >= 15 is 0 Å². The standard InChI is InChI=1S/C8H13NO3S/c1-6(13-12)7-3-2-4-9(5-7)8(10)11/h6-7H,2-5H2,1H3/p+1. The molecular formula is C8H14NO3S+. The van der Waals surface area contributed by atoms with Gasteiger partial charge in [-0.15, -0.1) is 0 Å². The largest absolute Gasteiger partial charge is 0.465 e. The lowest BCUT2D eigenvalue weighted by Crippen LogP contribution is -2.42. The lowest BCUT2D eigenvalue weighted by Gasteiger charge is -2.29. The number of likely N-dealkylation sites (tertiary alicyclic amines) is 1. The second-order valence-corrected chi connectivity index (χ2v) is 4.37. The van der Waals surface area contributed by atoms with E-state index in [0.717, 1.165) is 12.8 Å². The van der Waals surface area contributed by atoms with Crippen molar-refractivity contribution >= 4 is 17.8 Å². The molecule has 74 valence electrons.